The summed E-state index contributed by atoms with van der Waals surface area (Å²) in [5.74, 6) is 0.718. The third-order valence-electron chi connectivity index (χ3n) is 2.64. The number of hydrogen-bond acceptors (Lipinski definition) is 4. The second-order valence-corrected chi connectivity index (χ2v) is 4.29. The van der Waals surface area contributed by atoms with E-state index in [0.29, 0.717) is 6.54 Å². The molecule has 1 aromatic heterocycles. The average Bonchev–Trinajstić information content (AvgIpc) is 2.54. The number of hydrogen-bond donors (Lipinski definition) is 2. The lowest BCUT2D eigenvalue weighted by Crippen LogP contribution is -2.43. The van der Waals surface area contributed by atoms with Gasteiger partial charge in [-0.15, -0.1) is 0 Å². The number of aryl methyl sites for hydroxylation is 2. The molecule has 0 aromatic carbocycles. The Hall–Kier alpha value is -1.36. The van der Waals surface area contributed by atoms with E-state index >= 15 is 0 Å². The van der Waals surface area contributed by atoms with Crippen LogP contribution in [0.4, 0.5) is 0 Å². The van der Waals surface area contributed by atoms with Crippen LogP contribution in [0.15, 0.2) is 4.52 Å². The Kier molecular flexibility index (Phi) is 4.06. The van der Waals surface area contributed by atoms with E-state index in [4.69, 9.17) is 10.3 Å². The predicted octanol–water partition coefficient (Wildman–Crippen LogP) is 0.891. The molecule has 1 amide bonds. The average molecular weight is 225 g/mol. The topological polar surface area (TPSA) is 81.2 Å². The van der Waals surface area contributed by atoms with Gasteiger partial charge in [0, 0.05) is 12.1 Å². The quantitative estimate of drug-likeness (QED) is 0.797. The van der Waals surface area contributed by atoms with Gasteiger partial charge in [0.05, 0.1) is 11.7 Å². The lowest BCUT2D eigenvalue weighted by molar-refractivity contribution is -0.123. The van der Waals surface area contributed by atoms with E-state index in [-0.39, 0.29) is 11.8 Å². The minimum absolute atomic E-state index is 0.129. The van der Waals surface area contributed by atoms with E-state index in [2.05, 4.69) is 10.5 Å². The smallest absolute Gasteiger partial charge is 0.237 e. The van der Waals surface area contributed by atoms with Crippen molar-refractivity contribution in [3.05, 3.63) is 17.0 Å². The molecule has 0 spiro atoms. The maximum absolute atomic E-state index is 11.6. The number of nitrogens with zero attached hydrogens (tertiary/aromatic N) is 1. The first-order chi connectivity index (χ1) is 7.43. The van der Waals surface area contributed by atoms with Crippen molar-refractivity contribution in [2.24, 2.45) is 11.7 Å². The molecule has 90 valence electrons. The number of aromatic nitrogens is 1. The van der Waals surface area contributed by atoms with Crippen molar-refractivity contribution in [1.29, 1.82) is 0 Å². The Morgan fingerprint density at radius 3 is 2.56 bits per heavy atom. The van der Waals surface area contributed by atoms with Gasteiger partial charge < -0.3 is 15.6 Å². The van der Waals surface area contributed by atoms with Crippen molar-refractivity contribution in [1.82, 2.24) is 10.5 Å². The van der Waals surface area contributed by atoms with Crippen molar-refractivity contribution in [2.45, 2.75) is 40.3 Å². The third kappa shape index (κ3) is 2.82. The Balaban J connectivity index is 2.55. The summed E-state index contributed by atoms with van der Waals surface area (Å²) in [6.07, 6.45) is 0. The van der Waals surface area contributed by atoms with Crippen molar-refractivity contribution < 1.29 is 9.32 Å². The van der Waals surface area contributed by atoms with Gasteiger partial charge in [-0.3, -0.25) is 4.79 Å². The fourth-order valence-electron chi connectivity index (χ4n) is 1.35. The number of carbonyl (C=O) groups is 1. The van der Waals surface area contributed by atoms with Crippen LogP contribution in [0.1, 0.15) is 30.9 Å². The van der Waals surface area contributed by atoms with Crippen molar-refractivity contribution >= 4 is 5.91 Å². The summed E-state index contributed by atoms with van der Waals surface area (Å²) in [6.45, 7) is 7.92. The molecular formula is C11H19N3O2. The largest absolute Gasteiger partial charge is 0.361 e. The Bertz CT molecular complexity index is 352. The van der Waals surface area contributed by atoms with Crippen molar-refractivity contribution in [3.8, 4) is 0 Å². The predicted molar refractivity (Wildman–Crippen MR) is 60.6 cm³/mol. The first-order valence-corrected chi connectivity index (χ1v) is 5.38. The summed E-state index contributed by atoms with van der Waals surface area (Å²) >= 11 is 0. The van der Waals surface area contributed by atoms with E-state index in [1.807, 2.05) is 27.7 Å². The van der Waals surface area contributed by atoms with E-state index in [0.717, 1.165) is 17.0 Å². The monoisotopic (exact) mass is 225 g/mol. The number of amides is 1. The molecule has 3 N–H and O–H groups in total. The van der Waals surface area contributed by atoms with E-state index < -0.39 is 6.04 Å². The van der Waals surface area contributed by atoms with Gasteiger partial charge in [-0.25, -0.2) is 0 Å². The van der Waals surface area contributed by atoms with Crippen LogP contribution in [-0.4, -0.2) is 17.1 Å². The van der Waals surface area contributed by atoms with Crippen molar-refractivity contribution in [3.63, 3.8) is 0 Å². The molecule has 1 atom stereocenters. The van der Waals surface area contributed by atoms with Crippen LogP contribution in [0.3, 0.4) is 0 Å². The van der Waals surface area contributed by atoms with Gasteiger partial charge in [0.1, 0.15) is 5.76 Å². The van der Waals surface area contributed by atoms with Gasteiger partial charge >= 0.3 is 0 Å². The minimum Gasteiger partial charge on any atom is -0.361 e. The summed E-state index contributed by atoms with van der Waals surface area (Å²) in [5, 5.41) is 6.60. The number of nitrogens with two attached hydrogens (primary N) is 1. The molecule has 0 aliphatic rings. The highest BCUT2D eigenvalue weighted by atomic mass is 16.5. The van der Waals surface area contributed by atoms with E-state index in [1.165, 1.54) is 0 Å². The molecule has 1 heterocycles. The van der Waals surface area contributed by atoms with Gasteiger partial charge in [-0.2, -0.15) is 0 Å². The molecule has 1 aromatic rings. The summed E-state index contributed by atoms with van der Waals surface area (Å²) in [5.41, 5.74) is 7.45. The van der Waals surface area contributed by atoms with Gasteiger partial charge in [0.25, 0.3) is 0 Å². The molecule has 16 heavy (non-hydrogen) atoms. The molecule has 5 nitrogen and oxygen atoms in total. The zero-order valence-corrected chi connectivity index (χ0v) is 10.2. The maximum Gasteiger partial charge on any atom is 0.237 e. The molecule has 5 heteroatoms. The summed E-state index contributed by atoms with van der Waals surface area (Å²) in [6, 6.07) is -0.472. The molecule has 0 saturated heterocycles. The van der Waals surface area contributed by atoms with E-state index in [9.17, 15) is 4.79 Å². The second-order valence-electron chi connectivity index (χ2n) is 4.29. The highest BCUT2D eigenvalue weighted by Crippen LogP contribution is 2.11. The van der Waals surface area contributed by atoms with Crippen LogP contribution in [0.5, 0.6) is 0 Å². The summed E-state index contributed by atoms with van der Waals surface area (Å²) in [4.78, 5) is 11.6. The van der Waals surface area contributed by atoms with Gasteiger partial charge in [-0.1, -0.05) is 19.0 Å². The molecule has 0 saturated carbocycles. The maximum atomic E-state index is 11.6. The molecule has 0 unspecified atom stereocenters. The molecular weight excluding hydrogens is 206 g/mol. The number of nitrogens with one attached hydrogen (secondary N) is 1. The summed E-state index contributed by atoms with van der Waals surface area (Å²) in [7, 11) is 0. The molecule has 0 fully saturated rings. The number of carbonyl (C=O) groups excluding carboxylic acids is 1. The summed E-state index contributed by atoms with van der Waals surface area (Å²) < 4.78 is 5.00. The Labute approximate surface area is 95.4 Å². The van der Waals surface area contributed by atoms with Gasteiger partial charge in [0.15, 0.2) is 0 Å². The van der Waals surface area contributed by atoms with Crippen LogP contribution in [0, 0.1) is 19.8 Å². The standard InChI is InChI=1S/C11H19N3O2/c1-6(2)10(12)11(15)13-5-9-7(3)14-16-8(9)4/h6,10H,5,12H2,1-4H3,(H,13,15)/t10-/m1/s1. The Morgan fingerprint density at radius 1 is 1.50 bits per heavy atom. The van der Waals surface area contributed by atoms with Gasteiger partial charge in [-0.05, 0) is 19.8 Å². The van der Waals surface area contributed by atoms with Crippen molar-refractivity contribution in [2.75, 3.05) is 0 Å². The zero-order valence-electron chi connectivity index (χ0n) is 10.2. The highest BCUT2D eigenvalue weighted by Gasteiger charge is 2.18. The van der Waals surface area contributed by atoms with Crippen LogP contribution in [-0.2, 0) is 11.3 Å². The molecule has 1 rings (SSSR count). The van der Waals surface area contributed by atoms with Crippen LogP contribution < -0.4 is 11.1 Å². The van der Waals surface area contributed by atoms with Crippen LogP contribution in [0.25, 0.3) is 0 Å². The molecule has 0 radical (unpaired) electrons. The first kappa shape index (κ1) is 12.7. The minimum atomic E-state index is -0.472. The second kappa shape index (κ2) is 5.12. The lowest BCUT2D eigenvalue weighted by Gasteiger charge is -2.15. The van der Waals surface area contributed by atoms with Crippen LogP contribution in [0.2, 0.25) is 0 Å². The van der Waals surface area contributed by atoms with Crippen LogP contribution >= 0.6 is 0 Å². The molecule has 0 aliphatic carbocycles. The number of rotatable bonds is 4. The van der Waals surface area contributed by atoms with Gasteiger partial charge in [0.2, 0.25) is 5.91 Å². The lowest BCUT2D eigenvalue weighted by atomic mass is 10.0. The highest BCUT2D eigenvalue weighted by molar-refractivity contribution is 5.81. The van der Waals surface area contributed by atoms with E-state index in [1.54, 1.807) is 0 Å². The normalized spacial score (nSPS) is 12.9. The Morgan fingerprint density at radius 2 is 2.12 bits per heavy atom. The SMILES string of the molecule is Cc1noc(C)c1CNC(=O)[C@H](N)C(C)C. The molecule has 0 aliphatic heterocycles. The fourth-order valence-corrected chi connectivity index (χ4v) is 1.35. The first-order valence-electron chi connectivity index (χ1n) is 5.38. The molecule has 0 bridgehead atoms. The zero-order chi connectivity index (χ0) is 12.3. The third-order valence-corrected chi connectivity index (χ3v) is 2.64. The fraction of sp³-hybridized carbons (Fsp3) is 0.636.